The van der Waals surface area contributed by atoms with Crippen molar-refractivity contribution in [1.82, 2.24) is 5.32 Å². The Hall–Kier alpha value is -1.16. The van der Waals surface area contributed by atoms with Crippen molar-refractivity contribution in [1.29, 1.82) is 0 Å². The molecule has 1 unspecified atom stereocenters. The summed E-state index contributed by atoms with van der Waals surface area (Å²) < 4.78 is 5.57. The van der Waals surface area contributed by atoms with Crippen molar-refractivity contribution in [2.24, 2.45) is 0 Å². The van der Waals surface area contributed by atoms with Gasteiger partial charge in [0.25, 0.3) is 0 Å². The fourth-order valence-corrected chi connectivity index (χ4v) is 4.00. The van der Waals surface area contributed by atoms with Crippen LogP contribution < -0.4 is 5.32 Å². The number of fused-ring (bicyclic) bond motifs is 1. The Balaban J connectivity index is 1.66. The molecule has 2 nitrogen and oxygen atoms in total. The number of rotatable bonds is 6. The van der Waals surface area contributed by atoms with Crippen LogP contribution in [0.5, 0.6) is 0 Å². The number of ether oxygens (including phenoxy) is 1. The monoisotopic (exact) mass is 301 g/mol. The standard InChI is InChI=1S/C18H23NOS/c1-2-20-13-15-7-4-3-6-14(15)12-19-17-8-5-9-18-16(17)10-11-21-18/h3-4,6-7,10-11,17,19H,2,5,8-9,12-13H2,1H3. The van der Waals surface area contributed by atoms with Crippen molar-refractivity contribution in [2.75, 3.05) is 6.61 Å². The lowest BCUT2D eigenvalue weighted by molar-refractivity contribution is 0.133. The first-order valence-corrected chi connectivity index (χ1v) is 8.70. The molecule has 2 aromatic rings. The third-order valence-corrected chi connectivity index (χ3v) is 5.17. The second-order valence-corrected chi connectivity index (χ2v) is 6.53. The van der Waals surface area contributed by atoms with E-state index >= 15 is 0 Å². The van der Waals surface area contributed by atoms with Gasteiger partial charge in [0.2, 0.25) is 0 Å². The molecule has 1 N–H and O–H groups in total. The average molecular weight is 301 g/mol. The Morgan fingerprint density at radius 2 is 2.10 bits per heavy atom. The minimum absolute atomic E-state index is 0.514. The lowest BCUT2D eigenvalue weighted by Gasteiger charge is -2.24. The van der Waals surface area contributed by atoms with E-state index in [-0.39, 0.29) is 0 Å². The summed E-state index contributed by atoms with van der Waals surface area (Å²) in [5, 5.41) is 5.98. The zero-order valence-electron chi connectivity index (χ0n) is 12.6. The molecule has 1 aliphatic rings. The second-order valence-electron chi connectivity index (χ2n) is 5.53. The molecule has 1 aliphatic carbocycles. The van der Waals surface area contributed by atoms with Crippen molar-refractivity contribution in [3.8, 4) is 0 Å². The fraction of sp³-hybridized carbons (Fsp3) is 0.444. The van der Waals surface area contributed by atoms with Gasteiger partial charge in [-0.3, -0.25) is 0 Å². The molecule has 1 aromatic heterocycles. The largest absolute Gasteiger partial charge is 0.377 e. The molecule has 0 aliphatic heterocycles. The van der Waals surface area contributed by atoms with E-state index in [9.17, 15) is 0 Å². The predicted molar refractivity (Wildman–Crippen MR) is 88.6 cm³/mol. The van der Waals surface area contributed by atoms with E-state index < -0.39 is 0 Å². The topological polar surface area (TPSA) is 21.3 Å². The van der Waals surface area contributed by atoms with Gasteiger partial charge in [0, 0.05) is 24.1 Å². The van der Waals surface area contributed by atoms with Crippen molar-refractivity contribution in [2.45, 2.75) is 45.4 Å². The van der Waals surface area contributed by atoms with Crippen LogP contribution in [-0.4, -0.2) is 6.61 Å². The van der Waals surface area contributed by atoms with Gasteiger partial charge in [-0.15, -0.1) is 11.3 Å². The molecule has 3 rings (SSSR count). The minimum atomic E-state index is 0.514. The molecule has 0 spiro atoms. The average Bonchev–Trinajstić information content (AvgIpc) is 3.01. The number of aryl methyl sites for hydroxylation is 1. The summed E-state index contributed by atoms with van der Waals surface area (Å²) in [5.41, 5.74) is 4.18. The second kappa shape index (κ2) is 7.21. The highest BCUT2D eigenvalue weighted by Crippen LogP contribution is 2.33. The van der Waals surface area contributed by atoms with Crippen LogP contribution >= 0.6 is 11.3 Å². The molecule has 3 heteroatoms. The Labute approximate surface area is 131 Å². The molecule has 0 saturated carbocycles. The van der Waals surface area contributed by atoms with Gasteiger partial charge in [-0.2, -0.15) is 0 Å². The molecule has 0 amide bonds. The van der Waals surface area contributed by atoms with Crippen LogP contribution in [0.3, 0.4) is 0 Å². The predicted octanol–water partition coefficient (Wildman–Crippen LogP) is 4.45. The van der Waals surface area contributed by atoms with E-state index in [1.54, 1.807) is 4.88 Å². The van der Waals surface area contributed by atoms with E-state index in [1.165, 1.54) is 36.0 Å². The van der Waals surface area contributed by atoms with Crippen LogP contribution in [0, 0.1) is 0 Å². The van der Waals surface area contributed by atoms with Gasteiger partial charge in [0.1, 0.15) is 0 Å². The number of hydrogen-bond acceptors (Lipinski definition) is 3. The van der Waals surface area contributed by atoms with Crippen molar-refractivity contribution in [3.05, 3.63) is 57.3 Å². The number of benzene rings is 1. The minimum Gasteiger partial charge on any atom is -0.377 e. The highest BCUT2D eigenvalue weighted by molar-refractivity contribution is 7.10. The summed E-state index contributed by atoms with van der Waals surface area (Å²) in [5.74, 6) is 0. The molecule has 1 heterocycles. The summed E-state index contributed by atoms with van der Waals surface area (Å²) in [6.07, 6.45) is 3.80. The van der Waals surface area contributed by atoms with Crippen LogP contribution in [0.4, 0.5) is 0 Å². The molecule has 1 aromatic carbocycles. The molecular formula is C18H23NOS. The lowest BCUT2D eigenvalue weighted by atomic mass is 9.93. The summed E-state index contributed by atoms with van der Waals surface area (Å²) >= 11 is 1.91. The fourth-order valence-electron chi connectivity index (χ4n) is 3.01. The SMILES string of the molecule is CCOCc1ccccc1CNC1CCCc2sccc21. The van der Waals surface area contributed by atoms with Gasteiger partial charge in [0.05, 0.1) is 6.61 Å². The normalized spacial score (nSPS) is 17.7. The first-order chi connectivity index (χ1) is 10.4. The summed E-state index contributed by atoms with van der Waals surface area (Å²) in [4.78, 5) is 1.57. The smallest absolute Gasteiger partial charge is 0.0719 e. The first kappa shape index (κ1) is 14.8. The van der Waals surface area contributed by atoms with Crippen molar-refractivity contribution >= 4 is 11.3 Å². The van der Waals surface area contributed by atoms with Gasteiger partial charge in [-0.25, -0.2) is 0 Å². The Morgan fingerprint density at radius 1 is 1.24 bits per heavy atom. The molecule has 0 fully saturated rings. The van der Waals surface area contributed by atoms with E-state index in [2.05, 4.69) is 41.0 Å². The van der Waals surface area contributed by atoms with Gasteiger partial charge in [0.15, 0.2) is 0 Å². The van der Waals surface area contributed by atoms with Crippen LogP contribution in [0.1, 0.15) is 47.4 Å². The Morgan fingerprint density at radius 3 is 2.95 bits per heavy atom. The van der Waals surface area contributed by atoms with Crippen LogP contribution in [-0.2, 0) is 24.3 Å². The quantitative estimate of drug-likeness (QED) is 0.851. The molecule has 0 bridgehead atoms. The number of hydrogen-bond donors (Lipinski definition) is 1. The first-order valence-electron chi connectivity index (χ1n) is 7.82. The van der Waals surface area contributed by atoms with Crippen LogP contribution in [0.2, 0.25) is 0 Å². The zero-order valence-corrected chi connectivity index (χ0v) is 13.4. The zero-order chi connectivity index (χ0) is 14.5. The Bertz CT molecular complexity index is 578. The van der Waals surface area contributed by atoms with Crippen LogP contribution in [0.25, 0.3) is 0 Å². The Kier molecular flexibility index (Phi) is 5.07. The van der Waals surface area contributed by atoms with Crippen LogP contribution in [0.15, 0.2) is 35.7 Å². The maximum absolute atomic E-state index is 5.57. The van der Waals surface area contributed by atoms with Gasteiger partial charge < -0.3 is 10.1 Å². The molecular weight excluding hydrogens is 278 g/mol. The molecule has 1 atom stereocenters. The maximum atomic E-state index is 5.57. The van der Waals surface area contributed by atoms with Crippen molar-refractivity contribution in [3.63, 3.8) is 0 Å². The number of nitrogens with one attached hydrogen (secondary N) is 1. The third-order valence-electron chi connectivity index (χ3n) is 4.17. The van der Waals surface area contributed by atoms with E-state index in [1.807, 2.05) is 18.3 Å². The summed E-state index contributed by atoms with van der Waals surface area (Å²) in [6, 6.07) is 11.4. The van der Waals surface area contributed by atoms with E-state index in [0.29, 0.717) is 12.6 Å². The summed E-state index contributed by atoms with van der Waals surface area (Å²) in [6.45, 7) is 4.44. The highest BCUT2D eigenvalue weighted by atomic mass is 32.1. The molecule has 112 valence electrons. The highest BCUT2D eigenvalue weighted by Gasteiger charge is 2.20. The van der Waals surface area contributed by atoms with Gasteiger partial charge in [-0.05, 0) is 54.3 Å². The van der Waals surface area contributed by atoms with Gasteiger partial charge in [-0.1, -0.05) is 24.3 Å². The molecule has 21 heavy (non-hydrogen) atoms. The summed E-state index contributed by atoms with van der Waals surface area (Å²) in [7, 11) is 0. The van der Waals surface area contributed by atoms with Gasteiger partial charge >= 0.3 is 0 Å². The van der Waals surface area contributed by atoms with E-state index in [4.69, 9.17) is 4.74 Å². The lowest BCUT2D eigenvalue weighted by Crippen LogP contribution is -2.24. The van der Waals surface area contributed by atoms with E-state index in [0.717, 1.165) is 13.2 Å². The third kappa shape index (κ3) is 3.54. The maximum Gasteiger partial charge on any atom is 0.0719 e. The molecule has 0 saturated heterocycles. The molecule has 0 radical (unpaired) electrons. The number of thiophene rings is 1. The van der Waals surface area contributed by atoms with Crippen molar-refractivity contribution < 1.29 is 4.74 Å².